The summed E-state index contributed by atoms with van der Waals surface area (Å²) in [5.74, 6) is 0. The predicted molar refractivity (Wildman–Crippen MR) is 51.0 cm³/mol. The molecule has 0 saturated carbocycles. The van der Waals surface area contributed by atoms with E-state index in [0.717, 1.165) is 0 Å². The van der Waals surface area contributed by atoms with Gasteiger partial charge in [-0.2, -0.15) is 0 Å². The Kier molecular flexibility index (Phi) is 2.99. The Morgan fingerprint density at radius 1 is 1.38 bits per heavy atom. The summed E-state index contributed by atoms with van der Waals surface area (Å²) >= 11 is 0. The van der Waals surface area contributed by atoms with Crippen LogP contribution in [0.15, 0.2) is 0 Å². The standard InChI is InChI=1S/C8H17NO3S/c1-8(2,3)6-9-13(10,11)7-4-12-5-7/h7,9H,4-6H2,1-3H3. The molecule has 0 radical (unpaired) electrons. The summed E-state index contributed by atoms with van der Waals surface area (Å²) in [6.45, 7) is 7.12. The molecule has 5 heteroatoms. The van der Waals surface area contributed by atoms with Crippen molar-refractivity contribution in [3.63, 3.8) is 0 Å². The van der Waals surface area contributed by atoms with E-state index >= 15 is 0 Å². The maximum absolute atomic E-state index is 11.5. The van der Waals surface area contributed by atoms with E-state index in [4.69, 9.17) is 4.74 Å². The fraction of sp³-hybridized carbons (Fsp3) is 1.00. The average Bonchev–Trinajstić information content (AvgIpc) is 1.77. The molecular weight excluding hydrogens is 190 g/mol. The van der Waals surface area contributed by atoms with E-state index in [1.54, 1.807) is 0 Å². The molecule has 78 valence electrons. The molecule has 0 aromatic rings. The third kappa shape index (κ3) is 3.25. The van der Waals surface area contributed by atoms with Gasteiger partial charge in [-0.1, -0.05) is 20.8 Å². The zero-order valence-corrected chi connectivity index (χ0v) is 9.15. The van der Waals surface area contributed by atoms with Gasteiger partial charge in [-0.15, -0.1) is 0 Å². The number of rotatable bonds is 3. The quantitative estimate of drug-likeness (QED) is 0.726. The summed E-state index contributed by atoms with van der Waals surface area (Å²) in [5, 5.41) is -0.338. The van der Waals surface area contributed by atoms with Crippen LogP contribution >= 0.6 is 0 Å². The van der Waals surface area contributed by atoms with Crippen LogP contribution in [0.25, 0.3) is 0 Å². The zero-order chi connectivity index (χ0) is 10.1. The highest BCUT2D eigenvalue weighted by atomic mass is 32.2. The second kappa shape index (κ2) is 3.55. The average molecular weight is 207 g/mol. The van der Waals surface area contributed by atoms with Gasteiger partial charge in [-0.05, 0) is 5.41 Å². The number of hydrogen-bond acceptors (Lipinski definition) is 3. The third-order valence-corrected chi connectivity index (χ3v) is 3.55. The van der Waals surface area contributed by atoms with Crippen LogP contribution in [-0.4, -0.2) is 33.4 Å². The summed E-state index contributed by atoms with van der Waals surface area (Å²) in [6, 6.07) is 0. The number of hydrogen-bond donors (Lipinski definition) is 1. The molecule has 0 aromatic heterocycles. The lowest BCUT2D eigenvalue weighted by molar-refractivity contribution is 0.0410. The van der Waals surface area contributed by atoms with Gasteiger partial charge in [-0.25, -0.2) is 13.1 Å². The molecule has 0 atom stereocenters. The van der Waals surface area contributed by atoms with Gasteiger partial charge in [0.2, 0.25) is 10.0 Å². The lowest BCUT2D eigenvalue weighted by Gasteiger charge is -2.27. The van der Waals surface area contributed by atoms with Gasteiger partial charge in [0, 0.05) is 6.54 Å². The minimum atomic E-state index is -3.13. The highest BCUT2D eigenvalue weighted by molar-refractivity contribution is 7.90. The molecule has 1 aliphatic heterocycles. The van der Waals surface area contributed by atoms with Crippen molar-refractivity contribution in [1.29, 1.82) is 0 Å². The summed E-state index contributed by atoms with van der Waals surface area (Å²) < 4.78 is 30.4. The van der Waals surface area contributed by atoms with Crippen LogP contribution in [0.5, 0.6) is 0 Å². The van der Waals surface area contributed by atoms with Crippen LogP contribution in [0.1, 0.15) is 20.8 Å². The minimum absolute atomic E-state index is 0.0162. The molecule has 1 aliphatic rings. The van der Waals surface area contributed by atoms with Crippen LogP contribution in [0.3, 0.4) is 0 Å². The van der Waals surface area contributed by atoms with E-state index in [0.29, 0.717) is 19.8 Å². The van der Waals surface area contributed by atoms with Crippen molar-refractivity contribution in [1.82, 2.24) is 4.72 Å². The topological polar surface area (TPSA) is 55.4 Å². The van der Waals surface area contributed by atoms with Gasteiger partial charge in [0.05, 0.1) is 13.2 Å². The van der Waals surface area contributed by atoms with Gasteiger partial charge >= 0.3 is 0 Å². The second-order valence-corrected chi connectivity index (χ2v) is 6.63. The molecule has 0 bridgehead atoms. The third-order valence-electron chi connectivity index (χ3n) is 1.85. The van der Waals surface area contributed by atoms with Crippen LogP contribution in [0.4, 0.5) is 0 Å². The number of sulfonamides is 1. The van der Waals surface area contributed by atoms with Gasteiger partial charge < -0.3 is 4.74 Å². The summed E-state index contributed by atoms with van der Waals surface area (Å²) in [7, 11) is -3.13. The molecule has 0 spiro atoms. The monoisotopic (exact) mass is 207 g/mol. The Balaban J connectivity index is 2.43. The first-order chi connectivity index (χ1) is 5.81. The first-order valence-corrected chi connectivity index (χ1v) is 5.92. The van der Waals surface area contributed by atoms with E-state index in [-0.39, 0.29) is 10.7 Å². The highest BCUT2D eigenvalue weighted by Gasteiger charge is 2.32. The van der Waals surface area contributed by atoms with Crippen LogP contribution in [-0.2, 0) is 14.8 Å². The van der Waals surface area contributed by atoms with Crippen molar-refractivity contribution in [3.8, 4) is 0 Å². The molecule has 1 saturated heterocycles. The number of nitrogens with one attached hydrogen (secondary N) is 1. The van der Waals surface area contributed by atoms with Gasteiger partial charge in [0.25, 0.3) is 0 Å². The molecule has 0 aliphatic carbocycles. The minimum Gasteiger partial charge on any atom is -0.378 e. The van der Waals surface area contributed by atoms with Crippen molar-refractivity contribution in [3.05, 3.63) is 0 Å². The van der Waals surface area contributed by atoms with Crippen molar-refractivity contribution in [2.45, 2.75) is 26.0 Å². The maximum Gasteiger partial charge on any atom is 0.219 e. The van der Waals surface area contributed by atoms with E-state index in [2.05, 4.69) is 4.72 Å². The lowest BCUT2D eigenvalue weighted by atomic mass is 9.98. The maximum atomic E-state index is 11.5. The summed E-state index contributed by atoms with van der Waals surface area (Å²) in [6.07, 6.45) is 0. The first kappa shape index (κ1) is 10.9. The zero-order valence-electron chi connectivity index (χ0n) is 8.33. The van der Waals surface area contributed by atoms with Crippen LogP contribution in [0, 0.1) is 5.41 Å². The molecule has 0 aromatic carbocycles. The molecule has 1 fully saturated rings. The summed E-state index contributed by atoms with van der Waals surface area (Å²) in [5.41, 5.74) is -0.0162. The number of ether oxygens (including phenoxy) is 1. The molecule has 1 heterocycles. The Hall–Kier alpha value is -0.130. The van der Waals surface area contributed by atoms with Gasteiger partial charge in [-0.3, -0.25) is 0 Å². The SMILES string of the molecule is CC(C)(C)CNS(=O)(=O)C1COC1. The second-order valence-electron chi connectivity index (χ2n) is 4.59. The molecule has 4 nitrogen and oxygen atoms in total. The Bertz CT molecular complexity index is 262. The molecule has 13 heavy (non-hydrogen) atoms. The fourth-order valence-electron chi connectivity index (χ4n) is 0.828. The van der Waals surface area contributed by atoms with Gasteiger partial charge in [0.1, 0.15) is 5.25 Å². The van der Waals surface area contributed by atoms with Crippen LogP contribution in [0.2, 0.25) is 0 Å². The Morgan fingerprint density at radius 3 is 2.23 bits per heavy atom. The Labute approximate surface area is 79.7 Å². The highest BCUT2D eigenvalue weighted by Crippen LogP contribution is 2.14. The smallest absolute Gasteiger partial charge is 0.219 e. The lowest BCUT2D eigenvalue weighted by Crippen LogP contribution is -2.48. The van der Waals surface area contributed by atoms with Gasteiger partial charge in [0.15, 0.2) is 0 Å². The molecule has 1 rings (SSSR count). The first-order valence-electron chi connectivity index (χ1n) is 4.37. The van der Waals surface area contributed by atoms with Crippen molar-refractivity contribution in [2.75, 3.05) is 19.8 Å². The normalized spacial score (nSPS) is 19.9. The Morgan fingerprint density at radius 2 is 1.92 bits per heavy atom. The van der Waals surface area contributed by atoms with E-state index < -0.39 is 10.0 Å². The molecule has 0 unspecified atom stereocenters. The molecular formula is C8H17NO3S. The largest absolute Gasteiger partial charge is 0.378 e. The van der Waals surface area contributed by atoms with Crippen molar-refractivity contribution in [2.24, 2.45) is 5.41 Å². The van der Waals surface area contributed by atoms with Crippen molar-refractivity contribution >= 4 is 10.0 Å². The molecule has 1 N–H and O–H groups in total. The van der Waals surface area contributed by atoms with E-state index in [1.165, 1.54) is 0 Å². The van der Waals surface area contributed by atoms with E-state index in [9.17, 15) is 8.42 Å². The van der Waals surface area contributed by atoms with E-state index in [1.807, 2.05) is 20.8 Å². The summed E-state index contributed by atoms with van der Waals surface area (Å²) in [4.78, 5) is 0. The molecule has 0 amide bonds. The van der Waals surface area contributed by atoms with Crippen molar-refractivity contribution < 1.29 is 13.2 Å². The predicted octanol–water partition coefficient (Wildman–Crippen LogP) is 0.351. The fourth-order valence-corrected chi connectivity index (χ4v) is 2.25. The van der Waals surface area contributed by atoms with Crippen LogP contribution < -0.4 is 4.72 Å².